The number of methoxy groups -OCH3 is 1. The summed E-state index contributed by atoms with van der Waals surface area (Å²) in [5.41, 5.74) is 1.41. The molecule has 0 aliphatic heterocycles. The molecule has 0 unspecified atom stereocenters. The van der Waals surface area contributed by atoms with Crippen LogP contribution in [0.3, 0.4) is 0 Å². The van der Waals surface area contributed by atoms with Gasteiger partial charge >= 0.3 is 5.37 Å². The van der Waals surface area contributed by atoms with Crippen LogP contribution in [-0.4, -0.2) is 15.5 Å². The Hall–Kier alpha value is -2.32. The summed E-state index contributed by atoms with van der Waals surface area (Å²) >= 11 is 0. The van der Waals surface area contributed by atoms with Crippen molar-refractivity contribution in [1.82, 2.24) is 0 Å². The van der Waals surface area contributed by atoms with E-state index in [4.69, 9.17) is 11.3 Å². The Morgan fingerprint density at radius 2 is 1.62 bits per heavy atom. The fourth-order valence-electron chi connectivity index (χ4n) is 1.95. The van der Waals surface area contributed by atoms with Crippen molar-refractivity contribution in [1.29, 1.82) is 0 Å². The van der Waals surface area contributed by atoms with Gasteiger partial charge in [0.2, 0.25) is 0 Å². The van der Waals surface area contributed by atoms with E-state index in [0.717, 1.165) is 5.56 Å². The summed E-state index contributed by atoms with van der Waals surface area (Å²) in [5.74, 6) is 0.621. The molecule has 0 heterocycles. The van der Waals surface area contributed by atoms with Crippen LogP contribution in [0.2, 0.25) is 0 Å². The number of benzene rings is 2. The summed E-state index contributed by atoms with van der Waals surface area (Å²) in [4.78, 5) is 3.46. The molecule has 108 valence electrons. The molecule has 0 bridgehead atoms. The summed E-state index contributed by atoms with van der Waals surface area (Å²) in [5, 5.41) is -1.24. The second-order valence-corrected chi connectivity index (χ2v) is 6.62. The van der Waals surface area contributed by atoms with E-state index in [1.807, 2.05) is 6.92 Å². The Labute approximate surface area is 124 Å². The van der Waals surface area contributed by atoms with Crippen molar-refractivity contribution < 1.29 is 13.2 Å². The number of rotatable bonds is 4. The highest BCUT2D eigenvalue weighted by molar-refractivity contribution is 7.91. The SMILES string of the molecule is [C-]#[N+][C@@H](c1ccc(OC)cc1)S(=O)(=O)c1ccc(C)cc1. The molecule has 0 saturated carbocycles. The minimum Gasteiger partial charge on any atom is -0.497 e. The molecule has 0 aliphatic carbocycles. The van der Waals surface area contributed by atoms with Gasteiger partial charge in [-0.3, -0.25) is 4.85 Å². The van der Waals surface area contributed by atoms with Crippen molar-refractivity contribution in [3.05, 3.63) is 71.1 Å². The zero-order valence-corrected chi connectivity index (χ0v) is 12.6. The number of ether oxygens (including phenoxy) is 1. The first-order chi connectivity index (χ1) is 9.98. The van der Waals surface area contributed by atoms with Crippen LogP contribution in [0.25, 0.3) is 4.85 Å². The summed E-state index contributed by atoms with van der Waals surface area (Å²) in [6.45, 7) is 9.14. The first-order valence-electron chi connectivity index (χ1n) is 6.30. The van der Waals surface area contributed by atoms with Crippen molar-refractivity contribution in [3.8, 4) is 5.75 Å². The number of aryl methyl sites for hydroxylation is 1. The number of sulfone groups is 1. The monoisotopic (exact) mass is 301 g/mol. The second-order valence-electron chi connectivity index (χ2n) is 4.61. The highest BCUT2D eigenvalue weighted by Crippen LogP contribution is 2.31. The Morgan fingerprint density at radius 1 is 1.05 bits per heavy atom. The van der Waals surface area contributed by atoms with Gasteiger partial charge in [0, 0.05) is 0 Å². The van der Waals surface area contributed by atoms with Gasteiger partial charge in [0.25, 0.3) is 9.84 Å². The molecule has 0 spiro atoms. The number of nitrogens with zero attached hydrogens (tertiary/aromatic N) is 1. The van der Waals surface area contributed by atoms with E-state index < -0.39 is 15.2 Å². The van der Waals surface area contributed by atoms with Crippen LogP contribution in [0.1, 0.15) is 16.5 Å². The molecule has 0 radical (unpaired) electrons. The van der Waals surface area contributed by atoms with E-state index >= 15 is 0 Å². The average molecular weight is 301 g/mol. The van der Waals surface area contributed by atoms with Crippen LogP contribution in [0.5, 0.6) is 5.75 Å². The van der Waals surface area contributed by atoms with Crippen molar-refractivity contribution in [2.24, 2.45) is 0 Å². The minimum absolute atomic E-state index is 0.157. The van der Waals surface area contributed by atoms with E-state index in [1.54, 1.807) is 36.4 Å². The molecule has 2 aromatic rings. The molecule has 0 fully saturated rings. The van der Waals surface area contributed by atoms with Crippen molar-refractivity contribution in [2.45, 2.75) is 17.2 Å². The quantitative estimate of drug-likeness (QED) is 0.813. The number of hydrogen-bond donors (Lipinski definition) is 0. The van der Waals surface area contributed by atoms with Crippen LogP contribution in [0.4, 0.5) is 0 Å². The predicted molar refractivity (Wildman–Crippen MR) is 80.7 cm³/mol. The lowest BCUT2D eigenvalue weighted by molar-refractivity contribution is 0.414. The molecule has 21 heavy (non-hydrogen) atoms. The van der Waals surface area contributed by atoms with Gasteiger partial charge in [0.15, 0.2) is 0 Å². The lowest BCUT2D eigenvalue weighted by atomic mass is 10.2. The van der Waals surface area contributed by atoms with Gasteiger partial charge in [-0.05, 0) is 43.3 Å². The third-order valence-electron chi connectivity index (χ3n) is 3.16. The molecule has 5 heteroatoms. The summed E-state index contributed by atoms with van der Waals surface area (Å²) in [7, 11) is -2.20. The lowest BCUT2D eigenvalue weighted by Crippen LogP contribution is -2.10. The van der Waals surface area contributed by atoms with Crippen LogP contribution in [0.15, 0.2) is 53.4 Å². The maximum absolute atomic E-state index is 12.6. The molecule has 0 aromatic heterocycles. The van der Waals surface area contributed by atoms with E-state index in [2.05, 4.69) is 4.85 Å². The summed E-state index contributed by atoms with van der Waals surface area (Å²) < 4.78 is 30.2. The molecule has 1 atom stereocenters. The van der Waals surface area contributed by atoms with Gasteiger partial charge in [-0.1, -0.05) is 17.7 Å². The van der Waals surface area contributed by atoms with Gasteiger partial charge in [-0.25, -0.2) is 15.0 Å². The van der Waals surface area contributed by atoms with Gasteiger partial charge in [0.1, 0.15) is 5.75 Å². The molecule has 2 rings (SSSR count). The largest absolute Gasteiger partial charge is 0.497 e. The Kier molecular flexibility index (Phi) is 4.29. The van der Waals surface area contributed by atoms with Gasteiger partial charge < -0.3 is 4.74 Å². The highest BCUT2D eigenvalue weighted by Gasteiger charge is 2.34. The fraction of sp³-hybridized carbons (Fsp3) is 0.188. The lowest BCUT2D eigenvalue weighted by Gasteiger charge is -2.09. The van der Waals surface area contributed by atoms with Crippen LogP contribution < -0.4 is 4.74 Å². The van der Waals surface area contributed by atoms with Crippen molar-refractivity contribution in [2.75, 3.05) is 7.11 Å². The Bertz CT molecular complexity index is 757. The van der Waals surface area contributed by atoms with E-state index in [1.165, 1.54) is 19.2 Å². The van der Waals surface area contributed by atoms with Crippen LogP contribution >= 0.6 is 0 Å². The van der Waals surface area contributed by atoms with Gasteiger partial charge in [0.05, 0.1) is 17.6 Å². The van der Waals surface area contributed by atoms with Gasteiger partial charge in [-0.15, -0.1) is 0 Å². The molecule has 0 aliphatic rings. The molecular formula is C16H15NO3S. The van der Waals surface area contributed by atoms with Crippen LogP contribution in [-0.2, 0) is 9.84 Å². The van der Waals surface area contributed by atoms with E-state index in [9.17, 15) is 8.42 Å². The summed E-state index contributed by atoms with van der Waals surface area (Å²) in [6.07, 6.45) is 0. The first kappa shape index (κ1) is 15.1. The second kappa shape index (κ2) is 5.98. The van der Waals surface area contributed by atoms with E-state index in [-0.39, 0.29) is 4.90 Å². The average Bonchev–Trinajstić information content (AvgIpc) is 2.49. The summed E-state index contributed by atoms with van der Waals surface area (Å²) in [6, 6.07) is 13.0. The maximum Gasteiger partial charge on any atom is 0.350 e. The maximum atomic E-state index is 12.6. The van der Waals surface area contributed by atoms with E-state index in [0.29, 0.717) is 11.3 Å². The van der Waals surface area contributed by atoms with Gasteiger partial charge in [-0.2, -0.15) is 0 Å². The highest BCUT2D eigenvalue weighted by atomic mass is 32.2. The topological polar surface area (TPSA) is 47.7 Å². The van der Waals surface area contributed by atoms with Crippen LogP contribution in [0, 0.1) is 13.5 Å². The molecule has 4 nitrogen and oxygen atoms in total. The molecular weight excluding hydrogens is 286 g/mol. The smallest absolute Gasteiger partial charge is 0.350 e. The molecule has 2 aromatic carbocycles. The Morgan fingerprint density at radius 3 is 2.10 bits per heavy atom. The third-order valence-corrected chi connectivity index (χ3v) is 5.06. The minimum atomic E-state index is -3.74. The molecule has 0 amide bonds. The molecule has 0 N–H and O–H groups in total. The number of hydrogen-bond acceptors (Lipinski definition) is 3. The van der Waals surface area contributed by atoms with Crippen molar-refractivity contribution >= 4 is 9.84 Å². The first-order valence-corrected chi connectivity index (χ1v) is 7.85. The third kappa shape index (κ3) is 3.06. The zero-order valence-electron chi connectivity index (χ0n) is 11.8. The molecule has 0 saturated heterocycles. The zero-order chi connectivity index (χ0) is 15.5. The normalized spacial score (nSPS) is 12.4. The predicted octanol–water partition coefficient (Wildman–Crippen LogP) is 3.40. The Balaban J connectivity index is 2.44. The fourth-order valence-corrected chi connectivity index (χ4v) is 3.38. The van der Waals surface area contributed by atoms with Crippen molar-refractivity contribution in [3.63, 3.8) is 0 Å². The standard InChI is InChI=1S/C16H15NO3S/c1-12-4-10-15(11-5-12)21(18,19)16(17-2)13-6-8-14(20-3)9-7-13/h4-11,16H,1,3H3/t16-/m1/s1.